The maximum absolute atomic E-state index is 12.7. The average molecular weight is 368 g/mol. The van der Waals surface area contributed by atoms with Gasteiger partial charge in [0.1, 0.15) is 16.8 Å². The molecule has 1 amide bonds. The van der Waals surface area contributed by atoms with E-state index in [0.29, 0.717) is 16.2 Å². The molecule has 2 aromatic carbocycles. The number of carbonyl (C=O) groups excluding carboxylic acids is 1. The molecular formula is C15H11Cl2N3O2S. The third-order valence-electron chi connectivity index (χ3n) is 3.33. The van der Waals surface area contributed by atoms with E-state index in [1.807, 2.05) is 19.1 Å². The number of benzene rings is 2. The Hall–Kier alpha value is -1.89. The Morgan fingerprint density at radius 1 is 1.26 bits per heavy atom. The average Bonchev–Trinajstić information content (AvgIpc) is 2.98. The van der Waals surface area contributed by atoms with E-state index < -0.39 is 0 Å². The Kier molecular flexibility index (Phi) is 4.39. The second-order valence-electron chi connectivity index (χ2n) is 4.81. The van der Waals surface area contributed by atoms with Crippen molar-refractivity contribution in [1.29, 1.82) is 0 Å². The molecule has 3 aromatic rings. The van der Waals surface area contributed by atoms with Crippen molar-refractivity contribution in [2.24, 2.45) is 0 Å². The van der Waals surface area contributed by atoms with Gasteiger partial charge in [0.2, 0.25) is 0 Å². The van der Waals surface area contributed by atoms with Gasteiger partial charge in [0.15, 0.2) is 0 Å². The minimum absolute atomic E-state index is 0.254. The van der Waals surface area contributed by atoms with Crippen LogP contribution >= 0.6 is 34.9 Å². The van der Waals surface area contributed by atoms with Crippen LogP contribution in [0.5, 0.6) is 5.75 Å². The standard InChI is InChI=1S/C15H11Cl2N3O2S/c1-7-3-4-11-13(20-23-19-11)12(7)18-15(21)9-5-8(16)6-10(17)14(9)22-2/h3-6H,1-2H3,(H,18,21). The zero-order valence-corrected chi connectivity index (χ0v) is 14.5. The van der Waals surface area contributed by atoms with Gasteiger partial charge in [-0.05, 0) is 30.7 Å². The van der Waals surface area contributed by atoms with Crippen LogP contribution in [0.3, 0.4) is 0 Å². The second kappa shape index (κ2) is 6.31. The summed E-state index contributed by atoms with van der Waals surface area (Å²) < 4.78 is 13.6. The molecule has 8 heteroatoms. The van der Waals surface area contributed by atoms with Gasteiger partial charge in [-0.3, -0.25) is 4.79 Å². The molecule has 0 fully saturated rings. The van der Waals surface area contributed by atoms with Gasteiger partial charge in [-0.2, -0.15) is 8.75 Å². The summed E-state index contributed by atoms with van der Waals surface area (Å²) >= 11 is 13.2. The van der Waals surface area contributed by atoms with Crippen LogP contribution in [0.2, 0.25) is 10.0 Å². The van der Waals surface area contributed by atoms with E-state index in [4.69, 9.17) is 27.9 Å². The molecule has 23 heavy (non-hydrogen) atoms. The van der Waals surface area contributed by atoms with Crippen LogP contribution in [-0.4, -0.2) is 21.8 Å². The number of halogens is 2. The van der Waals surface area contributed by atoms with Crippen LogP contribution in [0.15, 0.2) is 24.3 Å². The van der Waals surface area contributed by atoms with Gasteiger partial charge in [0.05, 0.1) is 35.1 Å². The first-order chi connectivity index (χ1) is 11.0. The smallest absolute Gasteiger partial charge is 0.259 e. The van der Waals surface area contributed by atoms with E-state index in [2.05, 4.69) is 14.1 Å². The number of anilines is 1. The monoisotopic (exact) mass is 367 g/mol. The van der Waals surface area contributed by atoms with Crippen LogP contribution < -0.4 is 10.1 Å². The van der Waals surface area contributed by atoms with E-state index in [9.17, 15) is 4.79 Å². The molecule has 1 aromatic heterocycles. The van der Waals surface area contributed by atoms with Gasteiger partial charge in [-0.15, -0.1) is 0 Å². The summed E-state index contributed by atoms with van der Waals surface area (Å²) in [6.45, 7) is 1.89. The number of hydrogen-bond acceptors (Lipinski definition) is 5. The molecule has 1 heterocycles. The summed E-state index contributed by atoms with van der Waals surface area (Å²) in [7, 11) is 1.45. The van der Waals surface area contributed by atoms with Crippen molar-refractivity contribution in [3.05, 3.63) is 45.4 Å². The fourth-order valence-electron chi connectivity index (χ4n) is 2.23. The van der Waals surface area contributed by atoms with Crippen molar-refractivity contribution < 1.29 is 9.53 Å². The molecule has 0 atom stereocenters. The number of aromatic nitrogens is 2. The number of rotatable bonds is 3. The van der Waals surface area contributed by atoms with Crippen molar-refractivity contribution >= 4 is 57.6 Å². The van der Waals surface area contributed by atoms with Crippen molar-refractivity contribution in [1.82, 2.24) is 8.75 Å². The molecule has 5 nitrogen and oxygen atoms in total. The second-order valence-corrected chi connectivity index (χ2v) is 6.18. The highest BCUT2D eigenvalue weighted by Crippen LogP contribution is 2.33. The van der Waals surface area contributed by atoms with Crippen LogP contribution in [0.25, 0.3) is 11.0 Å². The summed E-state index contributed by atoms with van der Waals surface area (Å²) in [6, 6.07) is 6.77. The third-order valence-corrected chi connectivity index (χ3v) is 4.37. The molecule has 0 radical (unpaired) electrons. The summed E-state index contributed by atoms with van der Waals surface area (Å²) in [4.78, 5) is 12.7. The normalized spacial score (nSPS) is 10.8. The summed E-state index contributed by atoms with van der Waals surface area (Å²) in [6.07, 6.45) is 0. The van der Waals surface area contributed by atoms with Gasteiger partial charge < -0.3 is 10.1 Å². The number of aryl methyl sites for hydroxylation is 1. The number of carbonyl (C=O) groups is 1. The van der Waals surface area contributed by atoms with Gasteiger partial charge >= 0.3 is 0 Å². The summed E-state index contributed by atoms with van der Waals surface area (Å²) in [5, 5.41) is 3.48. The van der Waals surface area contributed by atoms with E-state index in [-0.39, 0.29) is 22.2 Å². The maximum atomic E-state index is 12.7. The first-order valence-corrected chi connectivity index (χ1v) is 8.06. The van der Waals surface area contributed by atoms with Gasteiger partial charge in [-0.1, -0.05) is 29.3 Å². The Labute approximate surface area is 146 Å². The zero-order chi connectivity index (χ0) is 16.6. The minimum atomic E-state index is -0.380. The molecule has 0 aliphatic carbocycles. The summed E-state index contributed by atoms with van der Waals surface area (Å²) in [5.41, 5.74) is 3.12. The van der Waals surface area contributed by atoms with Gasteiger partial charge in [-0.25, -0.2) is 0 Å². The fourth-order valence-corrected chi connectivity index (χ4v) is 3.34. The predicted octanol–water partition coefficient (Wildman–Crippen LogP) is 4.57. The number of nitrogens with one attached hydrogen (secondary N) is 1. The first-order valence-electron chi connectivity index (χ1n) is 6.57. The van der Waals surface area contributed by atoms with E-state index >= 15 is 0 Å². The number of nitrogens with zero attached hydrogens (tertiary/aromatic N) is 2. The van der Waals surface area contributed by atoms with Crippen molar-refractivity contribution in [2.45, 2.75) is 6.92 Å². The Bertz CT molecular complexity index is 911. The Morgan fingerprint density at radius 3 is 2.78 bits per heavy atom. The number of ether oxygens (including phenoxy) is 1. The maximum Gasteiger partial charge on any atom is 0.259 e. The molecule has 3 rings (SSSR count). The lowest BCUT2D eigenvalue weighted by Gasteiger charge is -2.13. The Balaban J connectivity index is 2.05. The molecule has 0 saturated carbocycles. The van der Waals surface area contributed by atoms with E-state index in [0.717, 1.165) is 22.8 Å². The van der Waals surface area contributed by atoms with Crippen molar-refractivity contribution in [2.75, 3.05) is 12.4 Å². The number of amides is 1. The summed E-state index contributed by atoms with van der Waals surface area (Å²) in [5.74, 6) is -0.107. The molecule has 0 aliphatic rings. The number of methoxy groups -OCH3 is 1. The largest absolute Gasteiger partial charge is 0.494 e. The SMILES string of the molecule is COc1c(Cl)cc(Cl)cc1C(=O)Nc1c(C)ccc2nsnc12. The van der Waals surface area contributed by atoms with Crippen molar-refractivity contribution in [3.8, 4) is 5.75 Å². The Morgan fingerprint density at radius 2 is 2.04 bits per heavy atom. The number of fused-ring (bicyclic) bond motifs is 1. The first kappa shape index (κ1) is 16.0. The quantitative estimate of drug-likeness (QED) is 0.736. The molecule has 0 bridgehead atoms. The van der Waals surface area contributed by atoms with Crippen LogP contribution in [0, 0.1) is 6.92 Å². The van der Waals surface area contributed by atoms with Crippen LogP contribution in [0.1, 0.15) is 15.9 Å². The highest BCUT2D eigenvalue weighted by atomic mass is 35.5. The molecule has 0 spiro atoms. The van der Waals surface area contributed by atoms with Crippen LogP contribution in [-0.2, 0) is 0 Å². The molecule has 1 N–H and O–H groups in total. The molecule has 0 saturated heterocycles. The van der Waals surface area contributed by atoms with Crippen LogP contribution in [0.4, 0.5) is 5.69 Å². The van der Waals surface area contributed by atoms with E-state index in [1.165, 1.54) is 19.2 Å². The van der Waals surface area contributed by atoms with Crippen molar-refractivity contribution in [3.63, 3.8) is 0 Å². The molecule has 0 unspecified atom stereocenters. The molecule has 0 aliphatic heterocycles. The van der Waals surface area contributed by atoms with E-state index in [1.54, 1.807) is 0 Å². The lowest BCUT2D eigenvalue weighted by molar-refractivity contribution is 0.102. The molecular weight excluding hydrogens is 357 g/mol. The zero-order valence-electron chi connectivity index (χ0n) is 12.2. The highest BCUT2D eigenvalue weighted by Gasteiger charge is 2.19. The lowest BCUT2D eigenvalue weighted by atomic mass is 10.1. The highest BCUT2D eigenvalue weighted by molar-refractivity contribution is 7.00. The topological polar surface area (TPSA) is 64.1 Å². The third kappa shape index (κ3) is 2.97. The lowest BCUT2D eigenvalue weighted by Crippen LogP contribution is -2.14. The van der Waals surface area contributed by atoms with Gasteiger partial charge in [0, 0.05) is 5.02 Å². The predicted molar refractivity (Wildman–Crippen MR) is 93.1 cm³/mol. The minimum Gasteiger partial charge on any atom is -0.494 e. The fraction of sp³-hybridized carbons (Fsp3) is 0.133. The van der Waals surface area contributed by atoms with Gasteiger partial charge in [0.25, 0.3) is 5.91 Å². The number of hydrogen-bond donors (Lipinski definition) is 1. The molecule has 118 valence electrons.